The molecule has 1 amide bonds. The van der Waals surface area contributed by atoms with E-state index in [2.05, 4.69) is 31.4 Å². The number of carbonyl (C=O) groups excluding carboxylic acids is 1. The second-order valence-corrected chi connectivity index (χ2v) is 7.76. The molecule has 7 nitrogen and oxygen atoms in total. The van der Waals surface area contributed by atoms with E-state index in [9.17, 15) is 9.59 Å². The molecule has 0 aliphatic heterocycles. The summed E-state index contributed by atoms with van der Waals surface area (Å²) in [6, 6.07) is 20.1. The lowest BCUT2D eigenvalue weighted by Crippen LogP contribution is -2.31. The summed E-state index contributed by atoms with van der Waals surface area (Å²) in [5.41, 5.74) is 4.61. The molecule has 0 atom stereocenters. The van der Waals surface area contributed by atoms with Crippen molar-refractivity contribution >= 4 is 39.1 Å². The number of amides is 1. The van der Waals surface area contributed by atoms with Gasteiger partial charge in [-0.15, -0.1) is 0 Å². The van der Waals surface area contributed by atoms with E-state index in [0.29, 0.717) is 17.0 Å². The third kappa shape index (κ3) is 4.60. The number of aromatic nitrogens is 2. The van der Waals surface area contributed by atoms with Gasteiger partial charge in [0.25, 0.3) is 11.5 Å². The number of benzene rings is 2. The van der Waals surface area contributed by atoms with Gasteiger partial charge in [-0.3, -0.25) is 14.2 Å². The van der Waals surface area contributed by atoms with E-state index in [4.69, 9.17) is 4.74 Å². The molecule has 0 bridgehead atoms. The molecule has 0 saturated heterocycles. The number of nitrogens with zero attached hydrogens (tertiary/aromatic N) is 3. The van der Waals surface area contributed by atoms with Crippen LogP contribution in [0.2, 0.25) is 0 Å². The summed E-state index contributed by atoms with van der Waals surface area (Å²) in [5, 5.41) is 4.76. The topological polar surface area (TPSA) is 85.6 Å². The smallest absolute Gasteiger partial charge is 0.260 e. The van der Waals surface area contributed by atoms with Gasteiger partial charge in [-0.25, -0.2) is 10.4 Å². The fourth-order valence-corrected chi connectivity index (χ4v) is 3.65. The molecule has 8 heteroatoms. The monoisotopic (exact) mass is 490 g/mol. The normalized spacial score (nSPS) is 11.1. The summed E-state index contributed by atoms with van der Waals surface area (Å²) in [6.07, 6.45) is 3.13. The van der Waals surface area contributed by atoms with Crippen molar-refractivity contribution in [3.63, 3.8) is 0 Å². The van der Waals surface area contributed by atoms with Crippen molar-refractivity contribution in [2.24, 2.45) is 5.10 Å². The van der Waals surface area contributed by atoms with Crippen LogP contribution in [0.15, 0.2) is 87.3 Å². The Morgan fingerprint density at radius 2 is 1.94 bits per heavy atom. The number of hydrogen-bond acceptors (Lipinski definition) is 5. The molecular formula is C24H19BrN4O3. The largest absolute Gasteiger partial charge is 0.497 e. The molecule has 4 rings (SSSR count). The maximum Gasteiger partial charge on any atom is 0.260 e. The lowest BCUT2D eigenvalue weighted by Gasteiger charge is -2.12. The Balaban J connectivity index is 1.65. The molecule has 2 aromatic heterocycles. The van der Waals surface area contributed by atoms with Gasteiger partial charge in [0.2, 0.25) is 0 Å². The number of ether oxygens (including phenoxy) is 1. The summed E-state index contributed by atoms with van der Waals surface area (Å²) >= 11 is 3.43. The minimum atomic E-state index is -0.436. The summed E-state index contributed by atoms with van der Waals surface area (Å²) in [4.78, 5) is 30.2. The van der Waals surface area contributed by atoms with Crippen LogP contribution in [0.1, 0.15) is 5.56 Å². The van der Waals surface area contributed by atoms with E-state index in [1.54, 1.807) is 37.6 Å². The number of carbonyl (C=O) groups is 1. The van der Waals surface area contributed by atoms with E-state index in [1.807, 2.05) is 42.5 Å². The van der Waals surface area contributed by atoms with Crippen molar-refractivity contribution in [2.75, 3.05) is 7.11 Å². The van der Waals surface area contributed by atoms with Gasteiger partial charge in [-0.2, -0.15) is 5.10 Å². The van der Waals surface area contributed by atoms with Gasteiger partial charge < -0.3 is 4.74 Å². The first-order valence-corrected chi connectivity index (χ1v) is 10.6. The first-order chi connectivity index (χ1) is 15.6. The van der Waals surface area contributed by atoms with Gasteiger partial charge in [-0.05, 0) is 42.0 Å². The van der Waals surface area contributed by atoms with Crippen molar-refractivity contribution in [3.8, 4) is 16.9 Å². The fraction of sp³-hybridized carbons (Fsp3) is 0.0833. The first-order valence-electron chi connectivity index (χ1n) is 9.76. The van der Waals surface area contributed by atoms with Crippen LogP contribution in [-0.2, 0) is 11.3 Å². The standard InChI is InChI=1S/C24H19BrN4O3/c1-32-19-10-8-16(9-11-19)20-13-17-6-4-12-26-23(17)29(24(20)31)15-22(30)28-27-14-18-5-2-3-7-21(18)25/h2-14H,15H2,1H3,(H,28,30)/b27-14+. The molecule has 0 spiro atoms. The quantitative estimate of drug-likeness (QED) is 0.327. The van der Waals surface area contributed by atoms with Gasteiger partial charge in [0, 0.05) is 27.2 Å². The zero-order valence-corrected chi connectivity index (χ0v) is 18.7. The lowest BCUT2D eigenvalue weighted by atomic mass is 10.1. The van der Waals surface area contributed by atoms with E-state index in [-0.39, 0.29) is 12.1 Å². The number of fused-ring (bicyclic) bond motifs is 1. The van der Waals surface area contributed by atoms with E-state index in [0.717, 1.165) is 21.0 Å². The third-order valence-electron chi connectivity index (χ3n) is 4.85. The molecule has 0 fully saturated rings. The van der Waals surface area contributed by atoms with Crippen LogP contribution in [0.4, 0.5) is 0 Å². The van der Waals surface area contributed by atoms with E-state index in [1.165, 1.54) is 10.8 Å². The molecule has 0 saturated carbocycles. The first kappa shape index (κ1) is 21.5. The van der Waals surface area contributed by atoms with Crippen molar-refractivity contribution < 1.29 is 9.53 Å². The molecule has 0 radical (unpaired) electrons. The maximum atomic E-state index is 13.3. The van der Waals surface area contributed by atoms with Crippen LogP contribution in [0.5, 0.6) is 5.75 Å². The van der Waals surface area contributed by atoms with Crippen LogP contribution in [0, 0.1) is 0 Å². The summed E-state index contributed by atoms with van der Waals surface area (Å²) < 4.78 is 7.41. The van der Waals surface area contributed by atoms with Crippen molar-refractivity contribution in [2.45, 2.75) is 6.54 Å². The number of methoxy groups -OCH3 is 1. The average Bonchev–Trinajstić information content (AvgIpc) is 2.82. The minimum Gasteiger partial charge on any atom is -0.497 e. The van der Waals surface area contributed by atoms with Gasteiger partial charge in [0.05, 0.1) is 13.3 Å². The van der Waals surface area contributed by atoms with Crippen LogP contribution >= 0.6 is 15.9 Å². The number of halogens is 1. The van der Waals surface area contributed by atoms with Gasteiger partial charge in [-0.1, -0.05) is 46.3 Å². The van der Waals surface area contributed by atoms with Crippen LogP contribution in [0.3, 0.4) is 0 Å². The van der Waals surface area contributed by atoms with Crippen LogP contribution in [-0.4, -0.2) is 28.8 Å². The summed E-state index contributed by atoms with van der Waals surface area (Å²) in [7, 11) is 1.58. The fourth-order valence-electron chi connectivity index (χ4n) is 3.26. The molecule has 32 heavy (non-hydrogen) atoms. The third-order valence-corrected chi connectivity index (χ3v) is 5.57. The lowest BCUT2D eigenvalue weighted by molar-refractivity contribution is -0.121. The number of pyridine rings is 2. The van der Waals surface area contributed by atoms with E-state index >= 15 is 0 Å². The van der Waals surface area contributed by atoms with Gasteiger partial charge in [0.1, 0.15) is 17.9 Å². The molecule has 0 aliphatic carbocycles. The molecule has 160 valence electrons. The predicted octanol–water partition coefficient (Wildman–Crippen LogP) is 3.98. The zero-order valence-electron chi connectivity index (χ0n) is 17.2. The Bertz CT molecular complexity index is 1360. The molecular weight excluding hydrogens is 472 g/mol. The summed E-state index contributed by atoms with van der Waals surface area (Å²) in [6.45, 7) is -0.219. The highest BCUT2D eigenvalue weighted by molar-refractivity contribution is 9.10. The number of hydrazone groups is 1. The Labute approximate surface area is 192 Å². The van der Waals surface area contributed by atoms with E-state index < -0.39 is 5.91 Å². The minimum absolute atomic E-state index is 0.219. The Morgan fingerprint density at radius 3 is 2.69 bits per heavy atom. The van der Waals surface area contributed by atoms with Gasteiger partial charge >= 0.3 is 0 Å². The molecule has 2 aromatic carbocycles. The number of hydrogen-bond donors (Lipinski definition) is 1. The highest BCUT2D eigenvalue weighted by Gasteiger charge is 2.14. The second kappa shape index (κ2) is 9.57. The molecule has 2 heterocycles. The zero-order chi connectivity index (χ0) is 22.5. The van der Waals surface area contributed by atoms with Crippen molar-refractivity contribution in [1.82, 2.24) is 15.0 Å². The van der Waals surface area contributed by atoms with Crippen LogP contribution in [0.25, 0.3) is 22.2 Å². The SMILES string of the molecule is COc1ccc(-c2cc3cccnc3n(CC(=O)N/N=C/c3ccccc3Br)c2=O)cc1. The molecule has 4 aromatic rings. The summed E-state index contributed by atoms with van der Waals surface area (Å²) in [5.74, 6) is 0.257. The predicted molar refractivity (Wildman–Crippen MR) is 128 cm³/mol. The Hall–Kier alpha value is -3.78. The van der Waals surface area contributed by atoms with Crippen molar-refractivity contribution in [1.29, 1.82) is 0 Å². The number of nitrogens with one attached hydrogen (secondary N) is 1. The molecule has 0 unspecified atom stereocenters. The highest BCUT2D eigenvalue weighted by Crippen LogP contribution is 2.22. The second-order valence-electron chi connectivity index (χ2n) is 6.91. The van der Waals surface area contributed by atoms with Gasteiger partial charge in [0.15, 0.2) is 0 Å². The highest BCUT2D eigenvalue weighted by atomic mass is 79.9. The van der Waals surface area contributed by atoms with Crippen LogP contribution < -0.4 is 15.7 Å². The Morgan fingerprint density at radius 1 is 1.16 bits per heavy atom. The molecule has 0 aliphatic rings. The average molecular weight is 491 g/mol. The maximum absolute atomic E-state index is 13.3. The molecule has 1 N–H and O–H groups in total. The van der Waals surface area contributed by atoms with Crippen molar-refractivity contribution in [3.05, 3.63) is 93.3 Å². The number of rotatable bonds is 6. The Kier molecular flexibility index (Phi) is 6.42.